The van der Waals surface area contributed by atoms with E-state index in [1.807, 2.05) is 0 Å². The summed E-state index contributed by atoms with van der Waals surface area (Å²) < 4.78 is 3.18. The Morgan fingerprint density at radius 1 is 1.18 bits per heavy atom. The molecule has 0 aliphatic heterocycles. The van der Waals surface area contributed by atoms with Gasteiger partial charge in [-0.3, -0.25) is 0 Å². The number of unbranched alkanes of at least 4 members (excludes halogenated alkanes) is 1. The molecule has 0 bridgehead atoms. The van der Waals surface area contributed by atoms with Crippen molar-refractivity contribution < 1.29 is 0 Å². The molecule has 0 amide bonds. The Labute approximate surface area is 81.9 Å². The lowest BCUT2D eigenvalue weighted by Gasteiger charge is -2.07. The van der Waals surface area contributed by atoms with Crippen LogP contribution in [0, 0.1) is 5.92 Å². The molecule has 64 valence electrons. The average Bonchev–Trinajstić information content (AvgIpc) is 1.99. The quantitative estimate of drug-likeness (QED) is 0.399. The van der Waals surface area contributed by atoms with Crippen molar-refractivity contribution in [2.45, 2.75) is 55.6 Å². The first-order valence-corrected chi connectivity index (χ1v) is 7.31. The lowest BCUT2D eigenvalue weighted by atomic mass is 10.1. The minimum Gasteiger partial charge on any atom is -0.146 e. The van der Waals surface area contributed by atoms with Crippen molar-refractivity contribution >= 4 is 20.4 Å². The summed E-state index contributed by atoms with van der Waals surface area (Å²) in [6.07, 6.45) is 5.72. The number of rotatable bonds is 7. The first kappa shape index (κ1) is 11.8. The van der Waals surface area contributed by atoms with Crippen LogP contribution in [0.2, 0.25) is 9.10 Å². The molecule has 0 aromatic carbocycles. The highest BCUT2D eigenvalue weighted by atomic mass is 24.5. The van der Waals surface area contributed by atoms with Crippen LogP contribution in [0.4, 0.5) is 0 Å². The van der Waals surface area contributed by atoms with Crippen molar-refractivity contribution in [2.24, 2.45) is 5.92 Å². The molecule has 1 atom stereocenters. The summed E-state index contributed by atoms with van der Waals surface area (Å²) >= 11 is 0.333. The zero-order chi connectivity index (χ0) is 8.53. The van der Waals surface area contributed by atoms with Crippen molar-refractivity contribution in [3.63, 3.8) is 0 Å². The Balaban J connectivity index is 2.97. The molecule has 11 heavy (non-hydrogen) atoms. The van der Waals surface area contributed by atoms with E-state index in [1.54, 1.807) is 9.10 Å². The van der Waals surface area contributed by atoms with E-state index in [2.05, 4.69) is 20.8 Å². The van der Waals surface area contributed by atoms with Gasteiger partial charge in [-0.05, 0) is 0 Å². The number of hydrogen-bond donors (Lipinski definition) is 0. The van der Waals surface area contributed by atoms with E-state index in [-0.39, 0.29) is 0 Å². The average molecular weight is 167 g/mol. The van der Waals surface area contributed by atoms with Crippen LogP contribution in [0.3, 0.4) is 0 Å². The minimum atomic E-state index is 0.333. The van der Waals surface area contributed by atoms with Gasteiger partial charge in [-0.15, -0.1) is 9.10 Å². The summed E-state index contributed by atoms with van der Waals surface area (Å²) in [5.41, 5.74) is 0. The van der Waals surface area contributed by atoms with Crippen molar-refractivity contribution in [2.75, 3.05) is 0 Å². The molecule has 1 unspecified atom stereocenters. The van der Waals surface area contributed by atoms with E-state index < -0.39 is 0 Å². The fraction of sp³-hybridized carbons (Fsp3) is 1.00. The molecule has 0 rings (SSSR count). The molecule has 0 radical (unpaired) electrons. The normalized spacial score (nSPS) is 12.6. The van der Waals surface area contributed by atoms with Gasteiger partial charge in [0, 0.05) is 0 Å². The predicted molar refractivity (Wildman–Crippen MR) is 54.3 cm³/mol. The maximum atomic E-state index is 2.42. The summed E-state index contributed by atoms with van der Waals surface area (Å²) in [6, 6.07) is 0. The van der Waals surface area contributed by atoms with Gasteiger partial charge in [-0.1, -0.05) is 52.4 Å². The SMILES string of the molecule is CCC[CH2][Mg][CH2]C(C)CCC. The molecule has 0 N–H and O–H groups in total. The van der Waals surface area contributed by atoms with Gasteiger partial charge in [-0.2, -0.15) is 0 Å². The zero-order valence-corrected chi connectivity index (χ0v) is 9.94. The van der Waals surface area contributed by atoms with Crippen LogP contribution in [0.1, 0.15) is 46.5 Å². The van der Waals surface area contributed by atoms with Crippen LogP contribution in [0.25, 0.3) is 0 Å². The van der Waals surface area contributed by atoms with E-state index in [1.165, 1.54) is 25.7 Å². The van der Waals surface area contributed by atoms with Crippen LogP contribution in [-0.4, -0.2) is 20.4 Å². The van der Waals surface area contributed by atoms with Crippen molar-refractivity contribution in [1.82, 2.24) is 0 Å². The number of hydrogen-bond acceptors (Lipinski definition) is 0. The van der Waals surface area contributed by atoms with Crippen LogP contribution in [0.5, 0.6) is 0 Å². The topological polar surface area (TPSA) is 0 Å². The molecule has 0 aliphatic carbocycles. The monoisotopic (exact) mass is 166 g/mol. The third kappa shape index (κ3) is 8.67. The first-order chi connectivity index (χ1) is 5.31. The Morgan fingerprint density at radius 3 is 2.45 bits per heavy atom. The highest BCUT2D eigenvalue weighted by molar-refractivity contribution is 6.35. The van der Waals surface area contributed by atoms with Crippen molar-refractivity contribution in [3.8, 4) is 0 Å². The van der Waals surface area contributed by atoms with Crippen molar-refractivity contribution in [3.05, 3.63) is 0 Å². The lowest BCUT2D eigenvalue weighted by molar-refractivity contribution is 0.572. The standard InChI is InChI=1S/C6H13.C4H9.Mg/c1-4-5-6(2)3;1-3-4-2;/h6H,2,4-5H2,1,3H3;1,3-4H2,2H3;. The van der Waals surface area contributed by atoms with Crippen molar-refractivity contribution in [1.29, 1.82) is 0 Å². The summed E-state index contributed by atoms with van der Waals surface area (Å²) in [5, 5.41) is 0. The summed E-state index contributed by atoms with van der Waals surface area (Å²) in [6.45, 7) is 7.01. The Hall–Kier alpha value is 0.766. The second-order valence-electron chi connectivity index (χ2n) is 3.74. The van der Waals surface area contributed by atoms with E-state index >= 15 is 0 Å². The summed E-state index contributed by atoms with van der Waals surface area (Å²) in [4.78, 5) is 0. The van der Waals surface area contributed by atoms with Gasteiger partial charge in [0.25, 0.3) is 0 Å². The van der Waals surface area contributed by atoms with E-state index in [0.717, 1.165) is 5.92 Å². The zero-order valence-electron chi connectivity index (χ0n) is 8.53. The second kappa shape index (κ2) is 8.86. The van der Waals surface area contributed by atoms with E-state index in [9.17, 15) is 0 Å². The van der Waals surface area contributed by atoms with Gasteiger partial charge < -0.3 is 0 Å². The van der Waals surface area contributed by atoms with Crippen LogP contribution in [-0.2, 0) is 0 Å². The van der Waals surface area contributed by atoms with Crippen LogP contribution in [0.15, 0.2) is 0 Å². The third-order valence-electron chi connectivity index (χ3n) is 2.33. The maximum absolute atomic E-state index is 2.42. The highest BCUT2D eigenvalue weighted by Gasteiger charge is 2.02. The summed E-state index contributed by atoms with van der Waals surface area (Å²) in [7, 11) is 0. The Kier molecular flexibility index (Phi) is 9.48. The Bertz CT molecular complexity index is 71.3. The highest BCUT2D eigenvalue weighted by Crippen LogP contribution is 2.11. The maximum Gasteiger partial charge on any atom is 0.364 e. The second-order valence-corrected chi connectivity index (χ2v) is 5.73. The smallest absolute Gasteiger partial charge is 0.146 e. The van der Waals surface area contributed by atoms with E-state index in [0.29, 0.717) is 20.4 Å². The van der Waals surface area contributed by atoms with Gasteiger partial charge >= 0.3 is 20.4 Å². The molecule has 0 aromatic heterocycles. The molecule has 0 fully saturated rings. The first-order valence-electron chi connectivity index (χ1n) is 5.31. The third-order valence-corrected chi connectivity index (χ3v) is 4.73. The summed E-state index contributed by atoms with van der Waals surface area (Å²) in [5.74, 6) is 1.03. The molecule has 0 aliphatic rings. The molecule has 0 saturated heterocycles. The minimum absolute atomic E-state index is 0.333. The van der Waals surface area contributed by atoms with Gasteiger partial charge in [0.1, 0.15) is 0 Å². The van der Waals surface area contributed by atoms with Crippen LogP contribution < -0.4 is 0 Å². The molecular formula is C10H22Mg. The van der Waals surface area contributed by atoms with Crippen LogP contribution >= 0.6 is 0 Å². The largest absolute Gasteiger partial charge is 0.364 e. The molecule has 0 saturated carbocycles. The predicted octanol–water partition coefficient (Wildman–Crippen LogP) is 3.76. The van der Waals surface area contributed by atoms with Gasteiger partial charge in [0.2, 0.25) is 0 Å². The Morgan fingerprint density at radius 2 is 1.91 bits per heavy atom. The fourth-order valence-corrected chi connectivity index (χ4v) is 3.68. The molecule has 0 aromatic rings. The molecule has 0 spiro atoms. The van der Waals surface area contributed by atoms with Gasteiger partial charge in [0.15, 0.2) is 0 Å². The molecule has 0 heterocycles. The van der Waals surface area contributed by atoms with Gasteiger partial charge in [0.05, 0.1) is 0 Å². The van der Waals surface area contributed by atoms with E-state index in [4.69, 9.17) is 0 Å². The fourth-order valence-electron chi connectivity index (χ4n) is 1.56. The van der Waals surface area contributed by atoms with Gasteiger partial charge in [-0.25, -0.2) is 0 Å². The molecule has 1 heteroatoms. The molecular weight excluding hydrogens is 144 g/mol. The molecule has 0 nitrogen and oxygen atoms in total. The lowest BCUT2D eigenvalue weighted by Crippen LogP contribution is -1.99.